The number of carbonyl (C=O) groups is 2. The van der Waals surface area contributed by atoms with Crippen molar-refractivity contribution in [2.75, 3.05) is 41.7 Å². The number of rotatable bonds is 15. The average Bonchev–Trinajstić information content (AvgIpc) is 3.12. The summed E-state index contributed by atoms with van der Waals surface area (Å²) in [5.41, 5.74) is 1.23. The van der Waals surface area contributed by atoms with Gasteiger partial charge in [-0.25, -0.2) is 9.59 Å². The average molecular weight is 677 g/mol. The second-order valence-corrected chi connectivity index (χ2v) is 10.3. The largest absolute Gasteiger partial charge is 0.508 e. The van der Waals surface area contributed by atoms with Crippen LogP contribution in [-0.2, 0) is 9.47 Å². The van der Waals surface area contributed by atoms with Gasteiger partial charge in [0.1, 0.15) is 30.8 Å². The first kappa shape index (κ1) is 35.8. The summed E-state index contributed by atoms with van der Waals surface area (Å²) in [5.74, 6) is -1.08. The number of methoxy groups -OCH3 is 4. The Kier molecular flexibility index (Phi) is 12.2. The molecule has 49 heavy (non-hydrogen) atoms. The van der Waals surface area contributed by atoms with Gasteiger partial charge < -0.3 is 53.6 Å². The molecule has 13 nitrogen and oxygen atoms in total. The summed E-state index contributed by atoms with van der Waals surface area (Å²) in [7, 11) is 5.48. The van der Waals surface area contributed by atoms with Gasteiger partial charge in [0, 0.05) is 0 Å². The third kappa shape index (κ3) is 9.05. The minimum atomic E-state index is -1.48. The number of carbonyl (C=O) groups excluding carboxylic acids is 2. The fourth-order valence-electron chi connectivity index (χ4n) is 4.58. The first-order chi connectivity index (χ1) is 23.6. The fourth-order valence-corrected chi connectivity index (χ4v) is 4.58. The molecule has 0 saturated heterocycles. The zero-order valence-electron chi connectivity index (χ0n) is 27.1. The number of esters is 2. The third-order valence-corrected chi connectivity index (χ3v) is 7.15. The van der Waals surface area contributed by atoms with Gasteiger partial charge in [0.05, 0.1) is 39.6 Å². The van der Waals surface area contributed by atoms with E-state index in [-0.39, 0.29) is 69.3 Å². The van der Waals surface area contributed by atoms with Crippen molar-refractivity contribution < 1.29 is 63.2 Å². The molecule has 0 aliphatic heterocycles. The van der Waals surface area contributed by atoms with Crippen molar-refractivity contribution >= 4 is 18.0 Å². The van der Waals surface area contributed by atoms with E-state index in [0.717, 1.165) is 0 Å². The quantitative estimate of drug-likeness (QED) is 0.123. The maximum atomic E-state index is 12.9. The van der Waals surface area contributed by atoms with Gasteiger partial charge in [0.2, 0.25) is 11.5 Å². The SMILES string of the molecule is COc1cc([C@@H](O)[C@H](COC(=O)c2ccc(O)cc2)Oc2c(OC)cc(C=CCOC(=O)c3ccc(O)cc3)cc2OC)cc(OC)c1O. The van der Waals surface area contributed by atoms with Crippen LogP contribution in [0.15, 0.2) is 78.9 Å². The summed E-state index contributed by atoms with van der Waals surface area (Å²) >= 11 is 0. The maximum Gasteiger partial charge on any atom is 0.338 e. The molecular weight excluding hydrogens is 640 g/mol. The molecule has 0 amide bonds. The minimum Gasteiger partial charge on any atom is -0.508 e. The highest BCUT2D eigenvalue weighted by Gasteiger charge is 2.30. The molecule has 0 aliphatic carbocycles. The monoisotopic (exact) mass is 676 g/mol. The van der Waals surface area contributed by atoms with Crippen LogP contribution in [0.5, 0.6) is 46.0 Å². The van der Waals surface area contributed by atoms with E-state index in [4.69, 9.17) is 33.2 Å². The van der Waals surface area contributed by atoms with Crippen LogP contribution in [0, 0.1) is 0 Å². The highest BCUT2D eigenvalue weighted by atomic mass is 16.6. The zero-order chi connectivity index (χ0) is 35.5. The number of phenolic OH excluding ortho intramolecular Hbond substituents is 3. The molecular formula is C36H36O13. The predicted molar refractivity (Wildman–Crippen MR) is 176 cm³/mol. The van der Waals surface area contributed by atoms with Crippen molar-refractivity contribution in [2.45, 2.75) is 12.2 Å². The Morgan fingerprint density at radius 3 is 1.61 bits per heavy atom. The van der Waals surface area contributed by atoms with E-state index in [2.05, 4.69) is 0 Å². The molecule has 0 aliphatic rings. The molecule has 0 unspecified atom stereocenters. The first-order valence-corrected chi connectivity index (χ1v) is 14.7. The standard InChI is InChI=1S/C36H36O13/c1-43-27-18-24(19-28(44-2)33(27)40)32(39)31(20-48-36(42)23-9-13-26(38)14-10-23)49-34-29(45-3)16-21(17-30(34)46-4)6-5-15-47-35(41)22-7-11-25(37)12-8-22/h5-14,16-19,31-32,37-40H,15,20H2,1-4H3/t31-,32+/m0/s1. The van der Waals surface area contributed by atoms with E-state index in [0.29, 0.717) is 5.56 Å². The molecule has 0 saturated carbocycles. The van der Waals surface area contributed by atoms with E-state index >= 15 is 0 Å². The Balaban J connectivity index is 1.60. The number of hydrogen-bond donors (Lipinski definition) is 4. The highest BCUT2D eigenvalue weighted by Crippen LogP contribution is 2.43. The second-order valence-electron chi connectivity index (χ2n) is 10.3. The van der Waals surface area contributed by atoms with Gasteiger partial charge in [0.15, 0.2) is 29.1 Å². The first-order valence-electron chi connectivity index (χ1n) is 14.7. The molecule has 4 aromatic carbocycles. The summed E-state index contributed by atoms with van der Waals surface area (Å²) < 4.78 is 38.7. The Morgan fingerprint density at radius 1 is 0.673 bits per heavy atom. The molecule has 258 valence electrons. The molecule has 0 heterocycles. The van der Waals surface area contributed by atoms with E-state index in [1.807, 2.05) is 0 Å². The molecule has 0 aromatic heterocycles. The van der Waals surface area contributed by atoms with Gasteiger partial charge in [-0.05, 0) is 90.0 Å². The fraction of sp³-hybridized carbons (Fsp3) is 0.222. The number of aromatic hydroxyl groups is 3. The van der Waals surface area contributed by atoms with Gasteiger partial charge in [-0.1, -0.05) is 6.08 Å². The Labute approximate surface area is 282 Å². The van der Waals surface area contributed by atoms with Gasteiger partial charge in [-0.15, -0.1) is 0 Å². The molecule has 0 radical (unpaired) electrons. The van der Waals surface area contributed by atoms with Crippen LogP contribution in [0.4, 0.5) is 0 Å². The van der Waals surface area contributed by atoms with Crippen LogP contribution < -0.4 is 23.7 Å². The number of phenols is 3. The van der Waals surface area contributed by atoms with Crippen molar-refractivity contribution in [3.63, 3.8) is 0 Å². The lowest BCUT2D eigenvalue weighted by Gasteiger charge is -2.27. The highest BCUT2D eigenvalue weighted by molar-refractivity contribution is 5.90. The zero-order valence-corrected chi connectivity index (χ0v) is 27.1. The van der Waals surface area contributed by atoms with E-state index in [9.17, 15) is 30.0 Å². The molecule has 4 rings (SSSR count). The second kappa shape index (κ2) is 16.7. The van der Waals surface area contributed by atoms with Gasteiger partial charge >= 0.3 is 11.9 Å². The van der Waals surface area contributed by atoms with Crippen LogP contribution in [0.1, 0.15) is 37.9 Å². The van der Waals surface area contributed by atoms with E-state index in [1.54, 1.807) is 24.3 Å². The number of ether oxygens (including phenoxy) is 7. The van der Waals surface area contributed by atoms with Crippen LogP contribution in [0.2, 0.25) is 0 Å². The van der Waals surface area contributed by atoms with Crippen LogP contribution in [0.25, 0.3) is 6.08 Å². The number of aliphatic hydroxyl groups excluding tert-OH is 1. The van der Waals surface area contributed by atoms with Crippen molar-refractivity contribution in [1.29, 1.82) is 0 Å². The van der Waals surface area contributed by atoms with Crippen LogP contribution in [-0.4, -0.2) is 80.1 Å². The maximum absolute atomic E-state index is 12.9. The van der Waals surface area contributed by atoms with Crippen LogP contribution in [0.3, 0.4) is 0 Å². The Bertz CT molecular complexity index is 1720. The lowest BCUT2D eigenvalue weighted by atomic mass is 10.0. The summed E-state index contributed by atoms with van der Waals surface area (Å²) in [4.78, 5) is 25.1. The molecule has 4 aromatic rings. The number of aliphatic hydroxyl groups is 1. The third-order valence-electron chi connectivity index (χ3n) is 7.15. The van der Waals surface area contributed by atoms with Crippen molar-refractivity contribution in [3.8, 4) is 46.0 Å². The molecule has 0 bridgehead atoms. The number of hydrogen-bond acceptors (Lipinski definition) is 13. The van der Waals surface area contributed by atoms with Crippen molar-refractivity contribution in [1.82, 2.24) is 0 Å². The minimum absolute atomic E-state index is 0.0216. The van der Waals surface area contributed by atoms with E-state index < -0.39 is 30.8 Å². The molecule has 0 fully saturated rings. The smallest absolute Gasteiger partial charge is 0.338 e. The summed E-state index contributed by atoms with van der Waals surface area (Å²) in [6, 6.07) is 17.1. The summed E-state index contributed by atoms with van der Waals surface area (Å²) in [5, 5.41) is 41.0. The van der Waals surface area contributed by atoms with Gasteiger partial charge in [-0.2, -0.15) is 0 Å². The van der Waals surface area contributed by atoms with E-state index in [1.165, 1.54) is 89.1 Å². The summed E-state index contributed by atoms with van der Waals surface area (Å²) in [6.45, 7) is -0.518. The molecule has 0 spiro atoms. The molecule has 13 heteroatoms. The normalized spacial score (nSPS) is 12.1. The lowest BCUT2D eigenvalue weighted by molar-refractivity contribution is -0.0176. The summed E-state index contributed by atoms with van der Waals surface area (Å²) in [6.07, 6.45) is 0.519. The Hall–Kier alpha value is -6.08. The topological polar surface area (TPSA) is 180 Å². The van der Waals surface area contributed by atoms with Gasteiger partial charge in [0.25, 0.3) is 0 Å². The van der Waals surface area contributed by atoms with Gasteiger partial charge in [-0.3, -0.25) is 0 Å². The van der Waals surface area contributed by atoms with Crippen molar-refractivity contribution in [3.05, 3.63) is 101 Å². The molecule has 2 atom stereocenters. The van der Waals surface area contributed by atoms with Crippen LogP contribution >= 0.6 is 0 Å². The molecule has 4 N–H and O–H groups in total. The number of benzene rings is 4. The lowest BCUT2D eigenvalue weighted by Crippen LogP contribution is -2.32. The predicted octanol–water partition coefficient (Wildman–Crippen LogP) is 5.05. The Morgan fingerprint density at radius 2 is 1.14 bits per heavy atom. The van der Waals surface area contributed by atoms with Crippen molar-refractivity contribution in [2.24, 2.45) is 0 Å².